The van der Waals surface area contributed by atoms with E-state index >= 15 is 0 Å². The van der Waals surface area contributed by atoms with Gasteiger partial charge in [-0.05, 0) is 92.2 Å². The van der Waals surface area contributed by atoms with Crippen molar-refractivity contribution in [2.24, 2.45) is 17.6 Å². The topological polar surface area (TPSA) is 35.2 Å². The number of rotatable bonds is 4. The lowest BCUT2D eigenvalue weighted by molar-refractivity contribution is 0.0616. The molecule has 1 aromatic rings. The second-order valence-corrected chi connectivity index (χ2v) is 8.54. The fourth-order valence-electron chi connectivity index (χ4n) is 5.18. The summed E-state index contributed by atoms with van der Waals surface area (Å²) in [6, 6.07) is 7.80. The maximum absolute atomic E-state index is 6.11. The van der Waals surface area contributed by atoms with Gasteiger partial charge in [0, 0.05) is 19.3 Å². The first-order chi connectivity index (χ1) is 11.8. The molecule has 2 N–H and O–H groups in total. The lowest BCUT2D eigenvalue weighted by Crippen LogP contribution is -2.19. The van der Waals surface area contributed by atoms with Crippen LogP contribution < -0.4 is 5.73 Å². The minimum absolute atomic E-state index is 0.431. The maximum atomic E-state index is 6.11. The molecule has 1 aliphatic heterocycles. The van der Waals surface area contributed by atoms with E-state index in [-0.39, 0.29) is 0 Å². The number of ether oxygens (including phenoxy) is 1. The Morgan fingerprint density at radius 2 is 1.75 bits per heavy atom. The molecule has 1 heterocycles. The molecule has 1 saturated heterocycles. The molecule has 3 atom stereocenters. The van der Waals surface area contributed by atoms with Crippen LogP contribution in [0.1, 0.15) is 74.0 Å². The van der Waals surface area contributed by atoms with Crippen molar-refractivity contribution >= 4 is 0 Å². The van der Waals surface area contributed by atoms with Crippen LogP contribution >= 0.6 is 0 Å². The van der Waals surface area contributed by atoms with E-state index in [9.17, 15) is 0 Å². The molecule has 3 aliphatic rings. The SMILES string of the molecule is NC1CCC(c2ccc3c(c2)CCC(CCC2CCOCC2)C3)C1. The summed E-state index contributed by atoms with van der Waals surface area (Å²) in [5.41, 5.74) is 10.9. The van der Waals surface area contributed by atoms with E-state index in [1.807, 2.05) is 0 Å². The predicted octanol–water partition coefficient (Wildman–Crippen LogP) is 4.59. The van der Waals surface area contributed by atoms with E-state index in [1.165, 1.54) is 64.2 Å². The van der Waals surface area contributed by atoms with Crippen molar-refractivity contribution < 1.29 is 4.74 Å². The van der Waals surface area contributed by atoms with Crippen LogP contribution in [0.3, 0.4) is 0 Å². The monoisotopic (exact) mass is 327 g/mol. The smallest absolute Gasteiger partial charge is 0.0468 e. The summed E-state index contributed by atoms with van der Waals surface area (Å²) in [6.45, 7) is 1.98. The Morgan fingerprint density at radius 1 is 0.917 bits per heavy atom. The van der Waals surface area contributed by atoms with Crippen molar-refractivity contribution in [2.75, 3.05) is 13.2 Å². The minimum Gasteiger partial charge on any atom is -0.381 e. The van der Waals surface area contributed by atoms with Gasteiger partial charge in [-0.25, -0.2) is 0 Å². The number of benzene rings is 1. The van der Waals surface area contributed by atoms with Gasteiger partial charge in [-0.3, -0.25) is 0 Å². The van der Waals surface area contributed by atoms with Gasteiger partial charge in [-0.2, -0.15) is 0 Å². The standard InChI is InChI=1S/C22H33NO/c23-22-8-7-21(15-22)20-6-5-18-13-17(3-4-19(18)14-20)2-1-16-9-11-24-12-10-16/h5-6,14,16-17,21-22H,1-4,7-13,15,23H2. The summed E-state index contributed by atoms with van der Waals surface area (Å²) < 4.78 is 5.49. The van der Waals surface area contributed by atoms with Crippen molar-refractivity contribution in [3.63, 3.8) is 0 Å². The lowest BCUT2D eigenvalue weighted by Gasteiger charge is -2.28. The van der Waals surface area contributed by atoms with Gasteiger partial charge in [0.2, 0.25) is 0 Å². The second kappa shape index (κ2) is 7.58. The number of nitrogens with two attached hydrogens (primary N) is 1. The first-order valence-corrected chi connectivity index (χ1v) is 10.2. The molecule has 0 aromatic heterocycles. The van der Waals surface area contributed by atoms with Gasteiger partial charge < -0.3 is 10.5 Å². The molecule has 24 heavy (non-hydrogen) atoms. The zero-order valence-electron chi connectivity index (χ0n) is 15.0. The van der Waals surface area contributed by atoms with Gasteiger partial charge in [0.05, 0.1) is 0 Å². The molecule has 0 radical (unpaired) electrons. The summed E-state index contributed by atoms with van der Waals surface area (Å²) in [5, 5.41) is 0. The number of hydrogen-bond donors (Lipinski definition) is 1. The van der Waals surface area contributed by atoms with Gasteiger partial charge in [-0.15, -0.1) is 0 Å². The number of fused-ring (bicyclic) bond motifs is 1. The third-order valence-corrected chi connectivity index (χ3v) is 6.83. The van der Waals surface area contributed by atoms with E-state index in [4.69, 9.17) is 10.5 Å². The lowest BCUT2D eigenvalue weighted by atomic mass is 9.78. The minimum atomic E-state index is 0.431. The van der Waals surface area contributed by atoms with E-state index in [1.54, 1.807) is 16.7 Å². The van der Waals surface area contributed by atoms with Crippen LogP contribution in [0.4, 0.5) is 0 Å². The summed E-state index contributed by atoms with van der Waals surface area (Å²) >= 11 is 0. The largest absolute Gasteiger partial charge is 0.381 e. The average molecular weight is 328 g/mol. The highest BCUT2D eigenvalue weighted by molar-refractivity contribution is 5.36. The molecule has 0 bridgehead atoms. The Bertz CT molecular complexity index is 549. The predicted molar refractivity (Wildman–Crippen MR) is 99.3 cm³/mol. The first kappa shape index (κ1) is 16.6. The second-order valence-electron chi connectivity index (χ2n) is 8.54. The third-order valence-electron chi connectivity index (χ3n) is 6.83. The molecule has 2 heteroatoms. The van der Waals surface area contributed by atoms with E-state index in [0.29, 0.717) is 6.04 Å². The van der Waals surface area contributed by atoms with Gasteiger partial charge in [0.1, 0.15) is 0 Å². The van der Waals surface area contributed by atoms with Crippen LogP contribution in [-0.4, -0.2) is 19.3 Å². The Morgan fingerprint density at radius 3 is 2.54 bits per heavy atom. The van der Waals surface area contributed by atoms with Crippen LogP contribution in [-0.2, 0) is 17.6 Å². The van der Waals surface area contributed by atoms with E-state index in [2.05, 4.69) is 18.2 Å². The Balaban J connectivity index is 1.33. The molecule has 2 nitrogen and oxygen atoms in total. The van der Waals surface area contributed by atoms with Gasteiger partial charge in [0.15, 0.2) is 0 Å². The normalized spacial score (nSPS) is 31.1. The molecular weight excluding hydrogens is 294 g/mol. The van der Waals surface area contributed by atoms with E-state index in [0.717, 1.165) is 31.0 Å². The summed E-state index contributed by atoms with van der Waals surface area (Å²) in [5.74, 6) is 2.55. The first-order valence-electron chi connectivity index (χ1n) is 10.2. The van der Waals surface area contributed by atoms with Gasteiger partial charge in [0.25, 0.3) is 0 Å². The fraction of sp³-hybridized carbons (Fsp3) is 0.727. The zero-order chi connectivity index (χ0) is 16.4. The molecule has 1 saturated carbocycles. The summed E-state index contributed by atoms with van der Waals surface area (Å²) in [4.78, 5) is 0. The zero-order valence-corrected chi connectivity index (χ0v) is 15.0. The Labute approximate surface area is 147 Å². The summed E-state index contributed by atoms with van der Waals surface area (Å²) in [6.07, 6.45) is 13.1. The van der Waals surface area contributed by atoms with Crippen LogP contribution in [0, 0.1) is 11.8 Å². The van der Waals surface area contributed by atoms with Crippen LogP contribution in [0.15, 0.2) is 18.2 Å². The molecule has 1 aromatic carbocycles. The molecule has 2 fully saturated rings. The molecule has 0 spiro atoms. The van der Waals surface area contributed by atoms with Gasteiger partial charge in [-0.1, -0.05) is 24.6 Å². The Hall–Kier alpha value is -0.860. The maximum Gasteiger partial charge on any atom is 0.0468 e. The number of aryl methyl sites for hydroxylation is 1. The van der Waals surface area contributed by atoms with Crippen molar-refractivity contribution in [3.05, 3.63) is 34.9 Å². The highest BCUT2D eigenvalue weighted by atomic mass is 16.5. The average Bonchev–Trinajstić information content (AvgIpc) is 3.07. The highest BCUT2D eigenvalue weighted by Gasteiger charge is 2.25. The van der Waals surface area contributed by atoms with Crippen LogP contribution in [0.2, 0.25) is 0 Å². The van der Waals surface area contributed by atoms with Crippen molar-refractivity contribution in [3.8, 4) is 0 Å². The van der Waals surface area contributed by atoms with Crippen molar-refractivity contribution in [2.45, 2.75) is 76.2 Å². The highest BCUT2D eigenvalue weighted by Crippen LogP contribution is 2.37. The fourth-order valence-corrected chi connectivity index (χ4v) is 5.18. The molecule has 3 unspecified atom stereocenters. The van der Waals surface area contributed by atoms with Gasteiger partial charge >= 0.3 is 0 Å². The molecular formula is C22H33NO. The molecule has 132 valence electrons. The van der Waals surface area contributed by atoms with Crippen LogP contribution in [0.25, 0.3) is 0 Å². The molecule has 4 rings (SSSR count). The van der Waals surface area contributed by atoms with E-state index < -0.39 is 0 Å². The Kier molecular flexibility index (Phi) is 5.24. The molecule has 2 aliphatic carbocycles. The quantitative estimate of drug-likeness (QED) is 0.877. The van der Waals surface area contributed by atoms with Crippen molar-refractivity contribution in [1.29, 1.82) is 0 Å². The van der Waals surface area contributed by atoms with Crippen LogP contribution in [0.5, 0.6) is 0 Å². The van der Waals surface area contributed by atoms with Crippen molar-refractivity contribution in [1.82, 2.24) is 0 Å². The number of hydrogen-bond acceptors (Lipinski definition) is 2. The summed E-state index contributed by atoms with van der Waals surface area (Å²) in [7, 11) is 0. The molecule has 0 amide bonds. The third kappa shape index (κ3) is 3.86.